The first kappa shape index (κ1) is 22.0. The first-order valence-electron chi connectivity index (χ1n) is 9.37. The first-order chi connectivity index (χ1) is 12.8. The normalized spacial score (nSPS) is 15.4. The van der Waals surface area contributed by atoms with Gasteiger partial charge in [-0.25, -0.2) is 4.39 Å². The highest BCUT2D eigenvalue weighted by molar-refractivity contribution is 7.96. The lowest BCUT2D eigenvalue weighted by Crippen LogP contribution is -2.33. The fourth-order valence-electron chi connectivity index (χ4n) is 2.98. The highest BCUT2D eigenvalue weighted by Gasteiger charge is 2.21. The Balaban J connectivity index is 1.95. The second-order valence-electron chi connectivity index (χ2n) is 7.77. The van der Waals surface area contributed by atoms with Gasteiger partial charge in [-0.1, -0.05) is 24.0 Å². The summed E-state index contributed by atoms with van der Waals surface area (Å²) in [7, 11) is 5.62. The molecule has 27 heavy (non-hydrogen) atoms. The minimum atomic E-state index is -0.236. The van der Waals surface area contributed by atoms with Crippen molar-refractivity contribution in [1.82, 2.24) is 9.80 Å². The molecule has 0 spiro atoms. The van der Waals surface area contributed by atoms with Gasteiger partial charge in [-0.2, -0.15) is 0 Å². The summed E-state index contributed by atoms with van der Waals surface area (Å²) in [5.41, 5.74) is 2.67. The fourth-order valence-corrected chi connectivity index (χ4v) is 3.61. The maximum atomic E-state index is 14.4. The van der Waals surface area contributed by atoms with E-state index in [1.54, 1.807) is 19.2 Å². The highest BCUT2D eigenvalue weighted by atomic mass is 32.2. The second kappa shape index (κ2) is 10.3. The predicted molar refractivity (Wildman–Crippen MR) is 114 cm³/mol. The molecule has 1 aliphatic heterocycles. The molecular formula is C22H31FN2OS. The summed E-state index contributed by atoms with van der Waals surface area (Å²) in [4.78, 5) is 4.41. The van der Waals surface area contributed by atoms with Gasteiger partial charge < -0.3 is 4.18 Å². The van der Waals surface area contributed by atoms with Crippen molar-refractivity contribution < 1.29 is 8.57 Å². The van der Waals surface area contributed by atoms with Crippen LogP contribution in [-0.4, -0.2) is 61.9 Å². The number of benzene rings is 1. The minimum absolute atomic E-state index is 0.116. The third-order valence-electron chi connectivity index (χ3n) is 4.59. The van der Waals surface area contributed by atoms with Crippen molar-refractivity contribution >= 4 is 17.6 Å². The molecule has 0 amide bonds. The Kier molecular flexibility index (Phi) is 8.37. The lowest BCUT2D eigenvalue weighted by Gasteiger charge is -2.30. The standard InChI is InChI=1S/C22H31FN2OS/c1-22(2,27-26-5)12-16-25-14-10-18(11-15-25)20-9-8-19(21(23)17-20)7-6-13-24(3)4/h8-10,17H,11-16H2,1-5H3. The van der Waals surface area contributed by atoms with E-state index in [1.165, 1.54) is 17.6 Å². The molecule has 1 aromatic rings. The summed E-state index contributed by atoms with van der Waals surface area (Å²) in [5.74, 6) is 5.67. The van der Waals surface area contributed by atoms with E-state index in [0.717, 1.165) is 38.0 Å². The quantitative estimate of drug-likeness (QED) is 0.509. The van der Waals surface area contributed by atoms with Gasteiger partial charge >= 0.3 is 0 Å². The molecule has 0 bridgehead atoms. The molecular weight excluding hydrogens is 359 g/mol. The van der Waals surface area contributed by atoms with E-state index in [1.807, 2.05) is 25.1 Å². The maximum Gasteiger partial charge on any atom is 0.139 e. The van der Waals surface area contributed by atoms with Crippen LogP contribution in [0.15, 0.2) is 24.3 Å². The van der Waals surface area contributed by atoms with Crippen LogP contribution in [0.1, 0.15) is 37.8 Å². The monoisotopic (exact) mass is 390 g/mol. The van der Waals surface area contributed by atoms with Crippen LogP contribution in [-0.2, 0) is 4.18 Å². The zero-order chi connectivity index (χ0) is 19.9. The van der Waals surface area contributed by atoms with Crippen molar-refractivity contribution in [3.63, 3.8) is 0 Å². The van der Waals surface area contributed by atoms with E-state index in [0.29, 0.717) is 12.1 Å². The van der Waals surface area contributed by atoms with E-state index in [9.17, 15) is 4.39 Å². The summed E-state index contributed by atoms with van der Waals surface area (Å²) in [6.45, 7) is 8.00. The zero-order valence-corrected chi connectivity index (χ0v) is 18.0. The Hall–Kier alpha value is -1.32. The first-order valence-corrected chi connectivity index (χ1v) is 10.1. The minimum Gasteiger partial charge on any atom is -0.318 e. The highest BCUT2D eigenvalue weighted by Crippen LogP contribution is 2.29. The third-order valence-corrected chi connectivity index (χ3v) is 5.41. The number of rotatable bonds is 7. The molecule has 0 saturated heterocycles. The maximum absolute atomic E-state index is 14.4. The zero-order valence-electron chi connectivity index (χ0n) is 17.1. The van der Waals surface area contributed by atoms with E-state index >= 15 is 0 Å². The van der Waals surface area contributed by atoms with Crippen LogP contribution in [0, 0.1) is 17.7 Å². The van der Waals surface area contributed by atoms with Crippen molar-refractivity contribution in [3.05, 3.63) is 41.2 Å². The number of hydrogen-bond acceptors (Lipinski definition) is 4. The Morgan fingerprint density at radius 3 is 2.70 bits per heavy atom. The fraction of sp³-hybridized carbons (Fsp3) is 0.545. The summed E-state index contributed by atoms with van der Waals surface area (Å²) >= 11 is 1.53. The molecule has 1 aromatic carbocycles. The molecule has 0 N–H and O–H groups in total. The van der Waals surface area contributed by atoms with E-state index < -0.39 is 0 Å². The van der Waals surface area contributed by atoms with Crippen LogP contribution in [0.4, 0.5) is 4.39 Å². The Morgan fingerprint density at radius 2 is 2.11 bits per heavy atom. The molecule has 0 saturated carbocycles. The Bertz CT molecular complexity index is 719. The topological polar surface area (TPSA) is 15.7 Å². The lowest BCUT2D eigenvalue weighted by atomic mass is 9.97. The van der Waals surface area contributed by atoms with Gasteiger partial charge in [0.25, 0.3) is 0 Å². The Labute approximate surface area is 168 Å². The number of hydrogen-bond donors (Lipinski definition) is 0. The molecule has 1 heterocycles. The van der Waals surface area contributed by atoms with Crippen molar-refractivity contribution in [3.8, 4) is 11.8 Å². The van der Waals surface area contributed by atoms with Crippen LogP contribution < -0.4 is 0 Å². The Morgan fingerprint density at radius 1 is 1.33 bits per heavy atom. The molecule has 5 heteroatoms. The van der Waals surface area contributed by atoms with Gasteiger partial charge in [0.15, 0.2) is 0 Å². The van der Waals surface area contributed by atoms with Crippen LogP contribution in [0.3, 0.4) is 0 Å². The third kappa shape index (κ3) is 7.31. The summed E-state index contributed by atoms with van der Waals surface area (Å²) < 4.78 is 19.7. The molecule has 148 valence electrons. The van der Waals surface area contributed by atoms with Gasteiger partial charge in [0.1, 0.15) is 5.82 Å². The number of halogens is 1. The SMILES string of the molecule is COSC(C)(C)CCN1CC=C(c2ccc(C#CCN(C)C)c(F)c2)CC1. The molecule has 2 rings (SSSR count). The van der Waals surface area contributed by atoms with Gasteiger partial charge in [0, 0.05) is 17.8 Å². The molecule has 0 aromatic heterocycles. The van der Waals surface area contributed by atoms with Crippen molar-refractivity contribution in [2.24, 2.45) is 0 Å². The molecule has 1 aliphatic rings. The molecule has 3 nitrogen and oxygen atoms in total. The van der Waals surface area contributed by atoms with Crippen LogP contribution >= 0.6 is 12.0 Å². The van der Waals surface area contributed by atoms with Crippen molar-refractivity contribution in [2.45, 2.75) is 31.4 Å². The molecule has 0 unspecified atom stereocenters. The largest absolute Gasteiger partial charge is 0.318 e. The lowest BCUT2D eigenvalue weighted by molar-refractivity contribution is 0.286. The van der Waals surface area contributed by atoms with Gasteiger partial charge in [-0.3, -0.25) is 9.80 Å². The van der Waals surface area contributed by atoms with Crippen LogP contribution in [0.5, 0.6) is 0 Å². The van der Waals surface area contributed by atoms with E-state index in [2.05, 4.69) is 36.7 Å². The predicted octanol–water partition coefficient (Wildman–Crippen LogP) is 4.29. The van der Waals surface area contributed by atoms with Gasteiger partial charge in [0.05, 0.1) is 19.2 Å². The molecule has 0 aliphatic carbocycles. The van der Waals surface area contributed by atoms with Crippen molar-refractivity contribution in [2.75, 3.05) is 47.4 Å². The van der Waals surface area contributed by atoms with E-state index in [-0.39, 0.29) is 10.6 Å². The second-order valence-corrected chi connectivity index (χ2v) is 9.38. The van der Waals surface area contributed by atoms with Gasteiger partial charge in [-0.15, -0.1) is 0 Å². The van der Waals surface area contributed by atoms with Crippen LogP contribution in [0.2, 0.25) is 0 Å². The van der Waals surface area contributed by atoms with Crippen molar-refractivity contribution in [1.29, 1.82) is 0 Å². The average Bonchev–Trinajstić information content (AvgIpc) is 2.61. The smallest absolute Gasteiger partial charge is 0.139 e. The van der Waals surface area contributed by atoms with Gasteiger partial charge in [0.2, 0.25) is 0 Å². The van der Waals surface area contributed by atoms with E-state index in [4.69, 9.17) is 4.18 Å². The molecule has 0 fully saturated rings. The summed E-state index contributed by atoms with van der Waals surface area (Å²) in [6.07, 6.45) is 4.25. The summed E-state index contributed by atoms with van der Waals surface area (Å²) in [5, 5.41) is 0. The molecule has 0 atom stereocenters. The van der Waals surface area contributed by atoms with Crippen LogP contribution in [0.25, 0.3) is 5.57 Å². The summed E-state index contributed by atoms with van der Waals surface area (Å²) in [6, 6.07) is 5.41. The van der Waals surface area contributed by atoms with Gasteiger partial charge in [-0.05, 0) is 82.6 Å². The average molecular weight is 391 g/mol. The molecule has 0 radical (unpaired) electrons. The number of nitrogens with zero attached hydrogens (tertiary/aromatic N) is 2.